The molecule has 1 saturated heterocycles. The Balaban J connectivity index is 1.89. The van der Waals surface area contributed by atoms with Gasteiger partial charge in [-0.1, -0.05) is 11.6 Å². The molecule has 2 aromatic rings. The average molecular weight is 262 g/mol. The van der Waals surface area contributed by atoms with Crippen molar-refractivity contribution >= 4 is 17.3 Å². The van der Waals surface area contributed by atoms with Crippen molar-refractivity contribution in [1.82, 2.24) is 0 Å². The minimum Gasteiger partial charge on any atom is -0.464 e. The van der Waals surface area contributed by atoms with E-state index in [1.807, 2.05) is 18.2 Å². The number of nitrogens with zero attached hydrogens (tertiary/aromatic N) is 1. The van der Waals surface area contributed by atoms with Crippen molar-refractivity contribution in [2.45, 2.75) is 19.3 Å². The SMILES string of the molecule is Clc1cc(-c2ccco2)ccc1N1CCCCC1. The van der Waals surface area contributed by atoms with Gasteiger partial charge in [-0.2, -0.15) is 0 Å². The highest BCUT2D eigenvalue weighted by Crippen LogP contribution is 2.32. The molecule has 94 valence electrons. The van der Waals surface area contributed by atoms with E-state index in [1.165, 1.54) is 19.3 Å². The Kier molecular flexibility index (Phi) is 3.28. The van der Waals surface area contributed by atoms with E-state index in [-0.39, 0.29) is 0 Å². The van der Waals surface area contributed by atoms with Gasteiger partial charge in [-0.05, 0) is 49.6 Å². The Bertz CT molecular complexity index is 515. The number of halogens is 1. The predicted octanol–water partition coefficient (Wildman–Crippen LogP) is 4.59. The molecule has 0 bridgehead atoms. The van der Waals surface area contributed by atoms with E-state index in [0.717, 1.165) is 35.1 Å². The molecule has 0 aliphatic carbocycles. The zero-order chi connectivity index (χ0) is 12.4. The standard InChI is InChI=1S/C15H16ClNO/c16-13-11-12(15-5-4-10-18-15)6-7-14(13)17-8-2-1-3-9-17/h4-7,10-11H,1-3,8-9H2. The number of hydrogen-bond donors (Lipinski definition) is 0. The Morgan fingerprint density at radius 2 is 1.89 bits per heavy atom. The Morgan fingerprint density at radius 3 is 2.56 bits per heavy atom. The van der Waals surface area contributed by atoms with E-state index in [1.54, 1.807) is 6.26 Å². The number of rotatable bonds is 2. The van der Waals surface area contributed by atoms with Gasteiger partial charge >= 0.3 is 0 Å². The number of hydrogen-bond acceptors (Lipinski definition) is 2. The first-order valence-corrected chi connectivity index (χ1v) is 6.81. The van der Waals surface area contributed by atoms with Crippen molar-refractivity contribution in [2.24, 2.45) is 0 Å². The minimum atomic E-state index is 0.811. The highest BCUT2D eigenvalue weighted by Gasteiger charge is 2.14. The Morgan fingerprint density at radius 1 is 1.06 bits per heavy atom. The zero-order valence-electron chi connectivity index (χ0n) is 10.2. The lowest BCUT2D eigenvalue weighted by Gasteiger charge is -2.29. The van der Waals surface area contributed by atoms with Crippen LogP contribution in [0.1, 0.15) is 19.3 Å². The van der Waals surface area contributed by atoms with Crippen LogP contribution in [0.15, 0.2) is 41.0 Å². The fraction of sp³-hybridized carbons (Fsp3) is 0.333. The third kappa shape index (κ3) is 2.25. The summed E-state index contributed by atoms with van der Waals surface area (Å²) >= 11 is 6.40. The fourth-order valence-electron chi connectivity index (χ4n) is 2.49. The van der Waals surface area contributed by atoms with Gasteiger partial charge in [-0.15, -0.1) is 0 Å². The summed E-state index contributed by atoms with van der Waals surface area (Å²) in [6.07, 6.45) is 5.53. The summed E-state index contributed by atoms with van der Waals surface area (Å²) in [6, 6.07) is 10.0. The average Bonchev–Trinajstić information content (AvgIpc) is 2.93. The van der Waals surface area contributed by atoms with Crippen LogP contribution in [0, 0.1) is 0 Å². The maximum Gasteiger partial charge on any atom is 0.133 e. The molecule has 0 saturated carbocycles. The molecule has 3 heteroatoms. The van der Waals surface area contributed by atoms with Crippen molar-refractivity contribution in [3.8, 4) is 11.3 Å². The van der Waals surface area contributed by atoms with Crippen LogP contribution in [0.5, 0.6) is 0 Å². The molecular formula is C15H16ClNO. The van der Waals surface area contributed by atoms with E-state index in [4.69, 9.17) is 16.0 Å². The van der Waals surface area contributed by atoms with Gasteiger partial charge < -0.3 is 9.32 Å². The lowest BCUT2D eigenvalue weighted by molar-refractivity contribution is 0.577. The van der Waals surface area contributed by atoms with Crippen LogP contribution in [0.3, 0.4) is 0 Å². The van der Waals surface area contributed by atoms with Gasteiger partial charge in [0.15, 0.2) is 0 Å². The molecule has 1 aliphatic heterocycles. The summed E-state index contributed by atoms with van der Waals surface area (Å²) in [5.41, 5.74) is 2.18. The topological polar surface area (TPSA) is 16.4 Å². The largest absolute Gasteiger partial charge is 0.464 e. The predicted molar refractivity (Wildman–Crippen MR) is 75.2 cm³/mol. The molecule has 18 heavy (non-hydrogen) atoms. The molecule has 0 amide bonds. The van der Waals surface area contributed by atoms with Gasteiger partial charge in [-0.3, -0.25) is 0 Å². The molecule has 3 rings (SSSR count). The molecule has 1 aliphatic rings. The summed E-state index contributed by atoms with van der Waals surface area (Å²) in [4.78, 5) is 2.37. The van der Waals surface area contributed by atoms with E-state index >= 15 is 0 Å². The van der Waals surface area contributed by atoms with E-state index in [9.17, 15) is 0 Å². The zero-order valence-corrected chi connectivity index (χ0v) is 11.0. The highest BCUT2D eigenvalue weighted by molar-refractivity contribution is 6.33. The van der Waals surface area contributed by atoms with Gasteiger partial charge in [0.2, 0.25) is 0 Å². The Hall–Kier alpha value is -1.41. The van der Waals surface area contributed by atoms with Gasteiger partial charge in [0, 0.05) is 18.7 Å². The third-order valence-corrected chi connectivity index (χ3v) is 3.75. The van der Waals surface area contributed by atoms with Crippen LogP contribution < -0.4 is 4.90 Å². The second-order valence-electron chi connectivity index (χ2n) is 4.69. The monoisotopic (exact) mass is 261 g/mol. The summed E-state index contributed by atoms with van der Waals surface area (Å²) in [6.45, 7) is 2.22. The Labute approximate surface area is 112 Å². The molecule has 0 unspecified atom stereocenters. The number of anilines is 1. The lowest BCUT2D eigenvalue weighted by Crippen LogP contribution is -2.29. The third-order valence-electron chi connectivity index (χ3n) is 3.45. The number of furan rings is 1. The van der Waals surface area contributed by atoms with Crippen molar-refractivity contribution < 1.29 is 4.42 Å². The molecule has 1 aromatic heterocycles. The van der Waals surface area contributed by atoms with E-state index in [2.05, 4.69) is 17.0 Å². The maximum atomic E-state index is 6.40. The molecule has 0 atom stereocenters. The first-order chi connectivity index (χ1) is 8.84. The van der Waals surface area contributed by atoms with E-state index < -0.39 is 0 Å². The van der Waals surface area contributed by atoms with Crippen molar-refractivity contribution in [2.75, 3.05) is 18.0 Å². The van der Waals surface area contributed by atoms with Crippen LogP contribution in [0.4, 0.5) is 5.69 Å². The van der Waals surface area contributed by atoms with Crippen molar-refractivity contribution in [1.29, 1.82) is 0 Å². The molecule has 0 radical (unpaired) electrons. The van der Waals surface area contributed by atoms with Crippen LogP contribution in [0.2, 0.25) is 5.02 Å². The molecule has 0 N–H and O–H groups in total. The summed E-state index contributed by atoms with van der Waals surface area (Å²) in [5, 5.41) is 0.811. The fourth-order valence-corrected chi connectivity index (χ4v) is 2.79. The maximum absolute atomic E-state index is 6.40. The quantitative estimate of drug-likeness (QED) is 0.786. The van der Waals surface area contributed by atoms with Crippen LogP contribution in [-0.2, 0) is 0 Å². The molecule has 1 aromatic carbocycles. The number of benzene rings is 1. The first-order valence-electron chi connectivity index (χ1n) is 6.43. The van der Waals surface area contributed by atoms with Crippen LogP contribution in [-0.4, -0.2) is 13.1 Å². The molecule has 2 nitrogen and oxygen atoms in total. The normalized spacial score (nSPS) is 15.9. The summed E-state index contributed by atoms with van der Waals surface area (Å²) in [7, 11) is 0. The van der Waals surface area contributed by atoms with Gasteiger partial charge in [-0.25, -0.2) is 0 Å². The van der Waals surface area contributed by atoms with Crippen LogP contribution in [0.25, 0.3) is 11.3 Å². The molecule has 1 fully saturated rings. The summed E-state index contributed by atoms with van der Waals surface area (Å²) in [5.74, 6) is 0.863. The van der Waals surface area contributed by atoms with Crippen LogP contribution >= 0.6 is 11.6 Å². The highest BCUT2D eigenvalue weighted by atomic mass is 35.5. The molecule has 0 spiro atoms. The van der Waals surface area contributed by atoms with Crippen molar-refractivity contribution in [3.63, 3.8) is 0 Å². The second-order valence-corrected chi connectivity index (χ2v) is 5.10. The first kappa shape index (κ1) is 11.7. The number of piperidine rings is 1. The summed E-state index contributed by atoms with van der Waals surface area (Å²) < 4.78 is 5.39. The van der Waals surface area contributed by atoms with Gasteiger partial charge in [0.05, 0.1) is 17.0 Å². The minimum absolute atomic E-state index is 0.811. The van der Waals surface area contributed by atoms with Gasteiger partial charge in [0.1, 0.15) is 5.76 Å². The lowest BCUT2D eigenvalue weighted by atomic mass is 10.1. The second kappa shape index (κ2) is 5.07. The van der Waals surface area contributed by atoms with Crippen molar-refractivity contribution in [3.05, 3.63) is 41.6 Å². The van der Waals surface area contributed by atoms with E-state index in [0.29, 0.717) is 0 Å². The smallest absolute Gasteiger partial charge is 0.133 e. The van der Waals surface area contributed by atoms with Gasteiger partial charge in [0.25, 0.3) is 0 Å². The molecule has 2 heterocycles. The molecular weight excluding hydrogens is 246 g/mol.